The first kappa shape index (κ1) is 18.0. The van der Waals surface area contributed by atoms with Crippen LogP contribution in [0.25, 0.3) is 11.0 Å². The Bertz CT molecular complexity index is 911. The number of nitrogens with zero attached hydrogens (tertiary/aromatic N) is 3. The van der Waals surface area contributed by atoms with E-state index in [9.17, 15) is 4.79 Å². The highest BCUT2D eigenvalue weighted by Crippen LogP contribution is 2.37. The molecule has 2 heterocycles. The summed E-state index contributed by atoms with van der Waals surface area (Å²) >= 11 is 0. The molecular formula is C22H28N3O2+. The summed E-state index contributed by atoms with van der Waals surface area (Å²) in [6, 6.07) is 8.56. The molecule has 2 atom stereocenters. The van der Waals surface area contributed by atoms with Gasteiger partial charge in [0.2, 0.25) is 0 Å². The minimum Gasteiger partial charge on any atom is -0.426 e. The third-order valence-corrected chi connectivity index (χ3v) is 6.07. The van der Waals surface area contributed by atoms with Gasteiger partial charge < -0.3 is 4.74 Å². The summed E-state index contributed by atoms with van der Waals surface area (Å²) in [6.07, 6.45) is 6.08. The van der Waals surface area contributed by atoms with Gasteiger partial charge in [-0.05, 0) is 43.3 Å². The van der Waals surface area contributed by atoms with Crippen LogP contribution in [0.5, 0.6) is 0 Å². The Labute approximate surface area is 160 Å². The molecule has 0 bridgehead atoms. The number of aryl methyl sites for hydroxylation is 2. The Kier molecular flexibility index (Phi) is 4.64. The van der Waals surface area contributed by atoms with Crippen molar-refractivity contribution in [1.29, 1.82) is 0 Å². The van der Waals surface area contributed by atoms with E-state index in [2.05, 4.69) is 52.2 Å². The molecule has 142 valence electrons. The van der Waals surface area contributed by atoms with Gasteiger partial charge in [-0.15, -0.1) is 0 Å². The number of ether oxygens (including phenoxy) is 1. The van der Waals surface area contributed by atoms with Crippen LogP contribution in [-0.2, 0) is 23.6 Å². The van der Waals surface area contributed by atoms with Gasteiger partial charge in [-0.2, -0.15) is 0 Å². The summed E-state index contributed by atoms with van der Waals surface area (Å²) in [5, 5.41) is 0. The van der Waals surface area contributed by atoms with Gasteiger partial charge in [-0.3, -0.25) is 9.69 Å². The number of esters is 1. The highest BCUT2D eigenvalue weighted by molar-refractivity contribution is 5.82. The van der Waals surface area contributed by atoms with Crippen LogP contribution in [-0.4, -0.2) is 34.6 Å². The molecule has 2 unspecified atom stereocenters. The van der Waals surface area contributed by atoms with Crippen LogP contribution in [0.15, 0.2) is 47.7 Å². The van der Waals surface area contributed by atoms with E-state index in [1.165, 1.54) is 0 Å². The molecule has 1 aliphatic heterocycles. The Balaban J connectivity index is 1.67. The molecule has 2 aliphatic rings. The SMILES string of the molecule is CCN(CC)C1C=C2OC(=O)C(c3n(C)c4ccccc4[n+]3C)CC2=CC1. The molecule has 0 radical (unpaired) electrons. The summed E-state index contributed by atoms with van der Waals surface area (Å²) in [5.41, 5.74) is 3.42. The summed E-state index contributed by atoms with van der Waals surface area (Å²) < 4.78 is 10.1. The van der Waals surface area contributed by atoms with Crippen molar-refractivity contribution in [3.05, 3.63) is 53.6 Å². The van der Waals surface area contributed by atoms with Gasteiger partial charge in [0.05, 0.1) is 14.1 Å². The normalized spacial score (nSPS) is 22.5. The van der Waals surface area contributed by atoms with E-state index in [0.717, 1.165) is 47.7 Å². The minimum atomic E-state index is -0.277. The van der Waals surface area contributed by atoms with Crippen LogP contribution < -0.4 is 4.57 Å². The molecule has 0 saturated carbocycles. The van der Waals surface area contributed by atoms with E-state index >= 15 is 0 Å². The molecule has 2 aromatic rings. The van der Waals surface area contributed by atoms with Crippen molar-refractivity contribution in [2.24, 2.45) is 14.1 Å². The zero-order valence-corrected chi connectivity index (χ0v) is 16.6. The molecule has 0 N–H and O–H groups in total. The van der Waals surface area contributed by atoms with Crippen molar-refractivity contribution in [2.45, 2.75) is 38.6 Å². The van der Waals surface area contributed by atoms with E-state index in [0.29, 0.717) is 12.5 Å². The van der Waals surface area contributed by atoms with Crippen LogP contribution in [0.3, 0.4) is 0 Å². The van der Waals surface area contributed by atoms with Crippen LogP contribution in [0, 0.1) is 0 Å². The van der Waals surface area contributed by atoms with Gasteiger partial charge in [0.25, 0.3) is 5.82 Å². The number of carbonyl (C=O) groups is 1. The number of benzene rings is 1. The van der Waals surface area contributed by atoms with Gasteiger partial charge in [-0.25, -0.2) is 9.13 Å². The number of imidazole rings is 1. The Morgan fingerprint density at radius 2 is 2.00 bits per heavy atom. The standard InChI is InChI=1S/C22H28N3O2/c1-5-25(6-2)16-12-11-15-13-17(22(26)27-20(15)14-16)21-23(3)18-9-7-8-10-19(18)24(21)4/h7-11,14,16-17H,5-6,12-13H2,1-4H3/q+1. The third-order valence-electron chi connectivity index (χ3n) is 6.07. The summed E-state index contributed by atoms with van der Waals surface area (Å²) in [4.78, 5) is 15.3. The van der Waals surface area contributed by atoms with Crippen molar-refractivity contribution in [3.8, 4) is 0 Å². The van der Waals surface area contributed by atoms with Crippen molar-refractivity contribution in [2.75, 3.05) is 13.1 Å². The molecule has 0 spiro atoms. The number of hydrogen-bond acceptors (Lipinski definition) is 3. The molecule has 1 aromatic heterocycles. The van der Waals surface area contributed by atoms with Crippen LogP contribution in [0.2, 0.25) is 0 Å². The highest BCUT2D eigenvalue weighted by Gasteiger charge is 2.41. The molecule has 5 heteroatoms. The highest BCUT2D eigenvalue weighted by atomic mass is 16.5. The fourth-order valence-corrected chi connectivity index (χ4v) is 4.59. The number of carbonyl (C=O) groups excluding carboxylic acids is 1. The molecule has 1 fully saturated rings. The molecule has 27 heavy (non-hydrogen) atoms. The predicted molar refractivity (Wildman–Crippen MR) is 105 cm³/mol. The van der Waals surface area contributed by atoms with Crippen molar-refractivity contribution in [1.82, 2.24) is 9.47 Å². The zero-order valence-electron chi connectivity index (χ0n) is 16.6. The lowest BCUT2D eigenvalue weighted by atomic mass is 9.89. The van der Waals surface area contributed by atoms with Crippen molar-refractivity contribution >= 4 is 17.0 Å². The second-order valence-electron chi connectivity index (χ2n) is 7.43. The zero-order chi connectivity index (χ0) is 19.1. The number of hydrogen-bond donors (Lipinski definition) is 0. The summed E-state index contributed by atoms with van der Waals surface area (Å²) in [5.74, 6) is 1.33. The largest absolute Gasteiger partial charge is 0.426 e. The van der Waals surface area contributed by atoms with E-state index in [1.807, 2.05) is 26.2 Å². The lowest BCUT2D eigenvalue weighted by molar-refractivity contribution is -0.654. The predicted octanol–water partition coefficient (Wildman–Crippen LogP) is 2.96. The van der Waals surface area contributed by atoms with Crippen molar-refractivity contribution < 1.29 is 14.1 Å². The monoisotopic (exact) mass is 366 g/mol. The fourth-order valence-electron chi connectivity index (χ4n) is 4.59. The van der Waals surface area contributed by atoms with Gasteiger partial charge in [0.1, 0.15) is 5.76 Å². The lowest BCUT2D eigenvalue weighted by Crippen LogP contribution is -2.40. The first-order valence-corrected chi connectivity index (χ1v) is 9.85. The second kappa shape index (κ2) is 6.97. The maximum absolute atomic E-state index is 12.9. The van der Waals surface area contributed by atoms with E-state index in [1.54, 1.807) is 0 Å². The minimum absolute atomic E-state index is 0.153. The molecule has 0 amide bonds. The first-order chi connectivity index (χ1) is 13.0. The van der Waals surface area contributed by atoms with Crippen LogP contribution >= 0.6 is 0 Å². The molecule has 5 nitrogen and oxygen atoms in total. The number of para-hydroxylation sites is 2. The topological polar surface area (TPSA) is 38.4 Å². The Hall–Kier alpha value is -2.40. The number of allylic oxidation sites excluding steroid dienone is 1. The quantitative estimate of drug-likeness (QED) is 0.617. The Morgan fingerprint density at radius 1 is 1.26 bits per heavy atom. The number of aromatic nitrogens is 2. The maximum Gasteiger partial charge on any atom is 0.327 e. The second-order valence-corrected chi connectivity index (χ2v) is 7.43. The number of fused-ring (bicyclic) bond motifs is 2. The average molecular weight is 366 g/mol. The summed E-state index contributed by atoms with van der Waals surface area (Å²) in [6.45, 7) is 6.33. The summed E-state index contributed by atoms with van der Waals surface area (Å²) in [7, 11) is 4.06. The number of likely N-dealkylation sites (N-methyl/N-ethyl adjacent to an activating group) is 1. The fraction of sp³-hybridized carbons (Fsp3) is 0.455. The van der Waals surface area contributed by atoms with E-state index < -0.39 is 0 Å². The molecule has 1 saturated heterocycles. The number of rotatable bonds is 4. The third kappa shape index (κ3) is 2.90. The van der Waals surface area contributed by atoms with Gasteiger partial charge in [-0.1, -0.05) is 32.1 Å². The van der Waals surface area contributed by atoms with Crippen molar-refractivity contribution in [3.63, 3.8) is 0 Å². The molecule has 1 aromatic carbocycles. The maximum atomic E-state index is 12.9. The van der Waals surface area contributed by atoms with Gasteiger partial charge >= 0.3 is 5.97 Å². The van der Waals surface area contributed by atoms with E-state index in [4.69, 9.17) is 4.74 Å². The van der Waals surface area contributed by atoms with Crippen LogP contribution in [0.1, 0.15) is 38.4 Å². The van der Waals surface area contributed by atoms with Crippen LogP contribution in [0.4, 0.5) is 0 Å². The smallest absolute Gasteiger partial charge is 0.327 e. The van der Waals surface area contributed by atoms with Gasteiger partial charge in [0, 0.05) is 12.5 Å². The molecule has 4 rings (SSSR count). The average Bonchev–Trinajstić information content (AvgIpc) is 2.93. The molecular weight excluding hydrogens is 338 g/mol. The lowest BCUT2D eigenvalue weighted by Gasteiger charge is -2.32. The van der Waals surface area contributed by atoms with Gasteiger partial charge in [0.15, 0.2) is 17.0 Å². The first-order valence-electron chi connectivity index (χ1n) is 9.85. The molecule has 1 aliphatic carbocycles. The van der Waals surface area contributed by atoms with E-state index in [-0.39, 0.29) is 11.9 Å². The Morgan fingerprint density at radius 3 is 2.70 bits per heavy atom.